The molecule has 1 saturated heterocycles. The minimum Gasteiger partial charge on any atom is -0.341 e. The van der Waals surface area contributed by atoms with Crippen LogP contribution in [0.5, 0.6) is 0 Å². The number of carbonyl (C=O) groups excluding carboxylic acids is 3. The number of nitrogens with zero attached hydrogens (tertiary/aromatic N) is 3. The molecule has 0 radical (unpaired) electrons. The highest BCUT2D eigenvalue weighted by Gasteiger charge is 2.68. The Balaban J connectivity index is 1.80. The first-order valence-electron chi connectivity index (χ1n) is 8.29. The lowest BCUT2D eigenvalue weighted by Crippen LogP contribution is -2.66. The van der Waals surface area contributed by atoms with E-state index in [-0.39, 0.29) is 40.1 Å². The van der Waals surface area contributed by atoms with E-state index in [1.165, 1.54) is 17.9 Å². The summed E-state index contributed by atoms with van der Waals surface area (Å²) in [5, 5.41) is 3.93. The van der Waals surface area contributed by atoms with E-state index >= 15 is 0 Å². The van der Waals surface area contributed by atoms with Crippen LogP contribution in [0.1, 0.15) is 6.92 Å². The molecule has 1 unspecified atom stereocenters. The van der Waals surface area contributed by atoms with Crippen LogP contribution in [0.25, 0.3) is 11.0 Å². The average Bonchev–Trinajstić information content (AvgIpc) is 3.00. The number of carbonyl (C=O) groups is 3. The molecule has 0 bridgehead atoms. The van der Waals surface area contributed by atoms with Gasteiger partial charge in [0.25, 0.3) is 11.6 Å². The van der Waals surface area contributed by atoms with Crippen LogP contribution in [0.2, 0.25) is 10.0 Å². The first-order chi connectivity index (χ1) is 13.5. The molecule has 154 valence electrons. The third-order valence-electron chi connectivity index (χ3n) is 5.00. The van der Waals surface area contributed by atoms with Crippen LogP contribution in [0.15, 0.2) is 12.1 Å². The van der Waals surface area contributed by atoms with E-state index < -0.39 is 35.5 Å². The van der Waals surface area contributed by atoms with E-state index in [0.29, 0.717) is 4.57 Å². The molecule has 2 aliphatic rings. The van der Waals surface area contributed by atoms with Gasteiger partial charge in [-0.1, -0.05) is 23.2 Å². The Labute approximate surface area is 170 Å². The van der Waals surface area contributed by atoms with Crippen molar-refractivity contribution in [3.8, 4) is 0 Å². The van der Waals surface area contributed by atoms with Crippen LogP contribution >= 0.6 is 23.2 Å². The molecule has 3 heterocycles. The van der Waals surface area contributed by atoms with E-state index in [4.69, 9.17) is 23.2 Å². The second-order valence-corrected chi connectivity index (χ2v) is 7.61. The van der Waals surface area contributed by atoms with Crippen LogP contribution in [0, 0.1) is 5.92 Å². The van der Waals surface area contributed by atoms with Gasteiger partial charge < -0.3 is 10.2 Å². The van der Waals surface area contributed by atoms with Gasteiger partial charge in [0, 0.05) is 20.0 Å². The molecular weight excluding hydrogens is 438 g/mol. The Hall–Kier alpha value is -2.53. The van der Waals surface area contributed by atoms with Crippen molar-refractivity contribution in [3.05, 3.63) is 22.2 Å². The summed E-state index contributed by atoms with van der Waals surface area (Å²) in [4.78, 5) is 41.5. The molecule has 2 N–H and O–H groups in total. The van der Waals surface area contributed by atoms with Crippen molar-refractivity contribution in [1.29, 1.82) is 0 Å². The molecule has 0 saturated carbocycles. The molecule has 8 nitrogen and oxygen atoms in total. The lowest BCUT2D eigenvalue weighted by Gasteiger charge is -2.40. The minimum atomic E-state index is -5.21. The topological polar surface area (TPSA) is 96.3 Å². The van der Waals surface area contributed by atoms with Crippen LogP contribution in [-0.4, -0.2) is 51.4 Å². The van der Waals surface area contributed by atoms with E-state index in [1.54, 1.807) is 0 Å². The van der Waals surface area contributed by atoms with Crippen molar-refractivity contribution in [3.63, 3.8) is 0 Å². The fourth-order valence-electron chi connectivity index (χ4n) is 3.41. The molecule has 3 amide bonds. The Kier molecular flexibility index (Phi) is 4.25. The summed E-state index contributed by atoms with van der Waals surface area (Å²) in [5.74, 6) is -4.09. The Morgan fingerprint density at radius 1 is 1.28 bits per heavy atom. The molecule has 13 heteroatoms. The molecule has 2 aromatic rings. The van der Waals surface area contributed by atoms with Gasteiger partial charge in [-0.05, 0) is 12.1 Å². The lowest BCUT2D eigenvalue weighted by molar-refractivity contribution is -0.218. The van der Waals surface area contributed by atoms with Crippen LogP contribution < -0.4 is 10.6 Å². The molecule has 1 aromatic carbocycles. The zero-order chi connectivity index (χ0) is 21.3. The number of rotatable bonds is 2. The van der Waals surface area contributed by atoms with Crippen molar-refractivity contribution in [1.82, 2.24) is 19.8 Å². The largest absolute Gasteiger partial charge is 0.440 e. The molecule has 1 atom stereocenters. The Morgan fingerprint density at radius 2 is 1.90 bits per heavy atom. The SMILES string of the molecule is CC(=O)N1CC(C(=O)NC2(C(F)(F)F)C(=O)Nc3nc4cc(Cl)c(Cl)cc4n32)C1. The smallest absolute Gasteiger partial charge is 0.341 e. The number of alkyl halides is 3. The van der Waals surface area contributed by atoms with E-state index in [0.717, 1.165) is 6.07 Å². The Bertz CT molecular complexity index is 1080. The number of fused-ring (bicyclic) bond motifs is 3. The van der Waals surface area contributed by atoms with Gasteiger partial charge in [-0.15, -0.1) is 0 Å². The van der Waals surface area contributed by atoms with Gasteiger partial charge in [-0.2, -0.15) is 13.2 Å². The van der Waals surface area contributed by atoms with Gasteiger partial charge in [-0.25, -0.2) is 4.98 Å². The number of amides is 3. The van der Waals surface area contributed by atoms with Gasteiger partial charge in [0.15, 0.2) is 0 Å². The van der Waals surface area contributed by atoms with E-state index in [9.17, 15) is 27.6 Å². The van der Waals surface area contributed by atoms with Gasteiger partial charge in [0.05, 0.1) is 27.0 Å². The van der Waals surface area contributed by atoms with Crippen LogP contribution in [0.3, 0.4) is 0 Å². The first-order valence-corrected chi connectivity index (χ1v) is 9.05. The maximum atomic E-state index is 14.2. The van der Waals surface area contributed by atoms with Crippen molar-refractivity contribution in [2.24, 2.45) is 5.92 Å². The summed E-state index contributed by atoms with van der Waals surface area (Å²) in [6.45, 7) is 1.22. The number of halogens is 5. The van der Waals surface area contributed by atoms with Crippen molar-refractivity contribution < 1.29 is 27.6 Å². The number of anilines is 1. The Morgan fingerprint density at radius 3 is 2.48 bits per heavy atom. The number of hydrogen-bond acceptors (Lipinski definition) is 4. The molecule has 0 spiro atoms. The fourth-order valence-corrected chi connectivity index (χ4v) is 3.73. The highest BCUT2D eigenvalue weighted by Crippen LogP contribution is 2.45. The number of imidazole rings is 1. The molecule has 0 aliphatic carbocycles. The number of hydrogen-bond donors (Lipinski definition) is 2. The summed E-state index contributed by atoms with van der Waals surface area (Å²) >= 11 is 11.8. The molecular formula is C16H12Cl2F3N5O3. The van der Waals surface area contributed by atoms with Crippen molar-refractivity contribution in [2.75, 3.05) is 18.4 Å². The van der Waals surface area contributed by atoms with Crippen molar-refractivity contribution in [2.45, 2.75) is 18.8 Å². The number of benzene rings is 1. The average molecular weight is 450 g/mol. The summed E-state index contributed by atoms with van der Waals surface area (Å²) in [7, 11) is 0. The highest BCUT2D eigenvalue weighted by molar-refractivity contribution is 6.42. The second-order valence-electron chi connectivity index (χ2n) is 6.80. The molecule has 2 aliphatic heterocycles. The zero-order valence-corrected chi connectivity index (χ0v) is 16.1. The predicted octanol–water partition coefficient (Wildman–Crippen LogP) is 2.10. The summed E-state index contributed by atoms with van der Waals surface area (Å²) in [6, 6.07) is 2.40. The van der Waals surface area contributed by atoms with Gasteiger partial charge in [-0.3, -0.25) is 24.3 Å². The first kappa shape index (κ1) is 19.8. The fraction of sp³-hybridized carbons (Fsp3) is 0.375. The van der Waals surface area contributed by atoms with Crippen molar-refractivity contribution >= 4 is 57.9 Å². The maximum absolute atomic E-state index is 14.2. The molecule has 1 aromatic heterocycles. The number of nitrogens with one attached hydrogen (secondary N) is 2. The zero-order valence-electron chi connectivity index (χ0n) is 14.6. The lowest BCUT2D eigenvalue weighted by atomic mass is 9.97. The highest BCUT2D eigenvalue weighted by atomic mass is 35.5. The second kappa shape index (κ2) is 6.23. The summed E-state index contributed by atoms with van der Waals surface area (Å²) in [6.07, 6.45) is -5.21. The third kappa shape index (κ3) is 2.75. The van der Waals surface area contributed by atoms with Gasteiger partial charge in [0.1, 0.15) is 0 Å². The van der Waals surface area contributed by atoms with Crippen LogP contribution in [0.4, 0.5) is 19.1 Å². The number of likely N-dealkylation sites (tertiary alicyclic amines) is 1. The summed E-state index contributed by atoms with van der Waals surface area (Å²) in [5.41, 5.74) is -3.49. The minimum absolute atomic E-state index is 0.0321. The normalized spacial score (nSPS) is 21.7. The monoisotopic (exact) mass is 449 g/mol. The summed E-state index contributed by atoms with van der Waals surface area (Å²) < 4.78 is 43.3. The quantitative estimate of drug-likeness (QED) is 0.733. The molecule has 1 fully saturated rings. The third-order valence-corrected chi connectivity index (χ3v) is 5.72. The predicted molar refractivity (Wildman–Crippen MR) is 96.3 cm³/mol. The van der Waals surface area contributed by atoms with Crippen LogP contribution in [-0.2, 0) is 20.0 Å². The standard InChI is InChI=1S/C16H12Cl2F3N5O3/c1-6(27)25-4-7(5-25)12(28)24-15(16(19,20)21)13(29)23-14-22-10-2-8(17)9(18)3-11(10)26(14)15/h2-3,7H,4-5H2,1H3,(H,24,28)(H,22,23,29). The van der Waals surface area contributed by atoms with E-state index in [2.05, 4.69) is 10.3 Å². The molecule has 4 rings (SSSR count). The number of aromatic nitrogens is 2. The molecule has 29 heavy (non-hydrogen) atoms. The van der Waals surface area contributed by atoms with E-state index in [1.807, 2.05) is 5.32 Å². The van der Waals surface area contributed by atoms with Gasteiger partial charge >= 0.3 is 6.18 Å². The van der Waals surface area contributed by atoms with Gasteiger partial charge in [0.2, 0.25) is 17.8 Å². The maximum Gasteiger partial charge on any atom is 0.440 e.